The highest BCUT2D eigenvalue weighted by Gasteiger charge is 2.30. The van der Waals surface area contributed by atoms with Gasteiger partial charge in [-0.25, -0.2) is 9.13 Å². The Morgan fingerprint density at radius 2 is 0.479 bits per heavy atom. The third-order valence-electron chi connectivity index (χ3n) is 18.0. The van der Waals surface area contributed by atoms with Gasteiger partial charge in [-0.1, -0.05) is 350 Å². The van der Waals surface area contributed by atoms with Crippen LogP contribution >= 0.6 is 15.6 Å². The minimum absolute atomic E-state index is 0.107. The van der Waals surface area contributed by atoms with Crippen molar-refractivity contribution in [1.29, 1.82) is 0 Å². The summed E-state index contributed by atoms with van der Waals surface area (Å²) in [6.45, 7) is 9.51. The monoisotopic (exact) mass is 1410 g/mol. The average Bonchev–Trinajstić information content (AvgIpc) is 1.17. The van der Waals surface area contributed by atoms with Crippen LogP contribution in [0.5, 0.6) is 0 Å². The summed E-state index contributed by atoms with van der Waals surface area (Å²) < 4.78 is 68.5. The summed E-state index contributed by atoms with van der Waals surface area (Å²) in [6, 6.07) is 0. The largest absolute Gasteiger partial charge is 0.472 e. The maximum atomic E-state index is 13.1. The zero-order chi connectivity index (χ0) is 70.7. The molecule has 5 atom stereocenters. The predicted octanol–water partition coefficient (Wildman–Crippen LogP) is 22.7. The van der Waals surface area contributed by atoms with E-state index in [0.29, 0.717) is 31.6 Å². The summed E-state index contributed by atoms with van der Waals surface area (Å²) in [5.41, 5.74) is 0. The fraction of sp³-hybridized carbons (Fsp3) is 0.948. The normalized spacial score (nSPS) is 14.0. The fourth-order valence-electron chi connectivity index (χ4n) is 11.8. The molecule has 19 heteroatoms. The highest BCUT2D eigenvalue weighted by atomic mass is 31.2. The number of phosphoric acid groups is 2. The molecule has 0 aliphatic rings. The first-order valence-electron chi connectivity index (χ1n) is 40.0. The van der Waals surface area contributed by atoms with Crippen LogP contribution in [-0.4, -0.2) is 96.7 Å². The van der Waals surface area contributed by atoms with Gasteiger partial charge in [-0.3, -0.25) is 37.3 Å². The van der Waals surface area contributed by atoms with Crippen LogP contribution in [0, 0.1) is 11.8 Å². The number of phosphoric ester groups is 2. The molecule has 0 heterocycles. The van der Waals surface area contributed by atoms with Crippen molar-refractivity contribution >= 4 is 39.5 Å². The molecule has 3 N–H and O–H groups in total. The molecular weight excluding hydrogens is 1260 g/mol. The van der Waals surface area contributed by atoms with Crippen LogP contribution in [0.25, 0.3) is 0 Å². The summed E-state index contributed by atoms with van der Waals surface area (Å²) in [5.74, 6) is -0.679. The number of aliphatic hydroxyl groups is 1. The molecule has 17 nitrogen and oxygen atoms in total. The second kappa shape index (κ2) is 68.8. The van der Waals surface area contributed by atoms with Crippen LogP contribution in [0.1, 0.15) is 401 Å². The number of carbonyl (C=O) groups excluding carboxylic acids is 4. The first kappa shape index (κ1) is 94.1. The van der Waals surface area contributed by atoms with Gasteiger partial charge in [0.15, 0.2) is 12.2 Å². The minimum Gasteiger partial charge on any atom is -0.462 e. The molecule has 0 aliphatic heterocycles. The lowest BCUT2D eigenvalue weighted by atomic mass is 10.0. The smallest absolute Gasteiger partial charge is 0.462 e. The average molecular weight is 1410 g/mol. The zero-order valence-corrected chi connectivity index (χ0v) is 64.5. The quantitative estimate of drug-likeness (QED) is 0.0222. The molecule has 96 heavy (non-hydrogen) atoms. The Balaban J connectivity index is 5.19. The zero-order valence-electron chi connectivity index (χ0n) is 62.7. The number of aliphatic hydroxyl groups excluding tert-OH is 1. The van der Waals surface area contributed by atoms with Crippen molar-refractivity contribution in [1.82, 2.24) is 0 Å². The first-order chi connectivity index (χ1) is 46.4. The Bertz CT molecular complexity index is 1860. The van der Waals surface area contributed by atoms with Gasteiger partial charge in [0, 0.05) is 25.7 Å². The van der Waals surface area contributed by atoms with Gasteiger partial charge in [-0.15, -0.1) is 0 Å². The second-order valence-corrected chi connectivity index (χ2v) is 31.6. The number of ether oxygens (including phenoxy) is 4. The van der Waals surface area contributed by atoms with Gasteiger partial charge in [0.25, 0.3) is 0 Å². The van der Waals surface area contributed by atoms with Gasteiger partial charge >= 0.3 is 39.5 Å². The van der Waals surface area contributed by atoms with Crippen LogP contribution in [0.3, 0.4) is 0 Å². The molecular formula is C77H150O17P2. The van der Waals surface area contributed by atoms with E-state index in [-0.39, 0.29) is 25.7 Å². The number of hydrogen-bond donors (Lipinski definition) is 3. The predicted molar refractivity (Wildman–Crippen MR) is 391 cm³/mol. The Morgan fingerprint density at radius 3 is 0.708 bits per heavy atom. The van der Waals surface area contributed by atoms with Crippen molar-refractivity contribution in [2.45, 2.75) is 419 Å². The van der Waals surface area contributed by atoms with E-state index >= 15 is 0 Å². The van der Waals surface area contributed by atoms with Crippen molar-refractivity contribution < 1.29 is 80.2 Å². The van der Waals surface area contributed by atoms with Crippen LogP contribution in [0.15, 0.2) is 0 Å². The highest BCUT2D eigenvalue weighted by Crippen LogP contribution is 2.45. The topological polar surface area (TPSA) is 237 Å². The summed E-state index contributed by atoms with van der Waals surface area (Å²) in [7, 11) is -9.91. The van der Waals surface area contributed by atoms with Crippen LogP contribution < -0.4 is 0 Å². The van der Waals surface area contributed by atoms with Crippen LogP contribution in [0.4, 0.5) is 0 Å². The number of carbonyl (C=O) groups is 4. The molecule has 0 aromatic heterocycles. The van der Waals surface area contributed by atoms with E-state index in [1.54, 1.807) is 0 Å². The minimum atomic E-state index is -4.96. The Kier molecular flexibility index (Phi) is 67.4. The number of esters is 4. The molecule has 0 rings (SSSR count). The number of unbranched alkanes of at least 4 members (excludes halogenated alkanes) is 46. The summed E-state index contributed by atoms with van der Waals surface area (Å²) in [6.07, 6.45) is 57.1. The lowest BCUT2D eigenvalue weighted by Gasteiger charge is -2.21. The van der Waals surface area contributed by atoms with E-state index in [9.17, 15) is 43.2 Å². The van der Waals surface area contributed by atoms with Gasteiger partial charge in [-0.05, 0) is 37.5 Å². The molecule has 0 radical (unpaired) electrons. The molecule has 0 aromatic rings. The third-order valence-corrected chi connectivity index (χ3v) is 19.9. The molecule has 2 unspecified atom stereocenters. The number of rotatable bonds is 76. The first-order valence-corrected chi connectivity index (χ1v) is 43.0. The SMILES string of the molecule is CCCCCCCCCCCCCCCCCCCCCCCC(=O)O[C@H](COC(=O)CCCCCCCCCCCCC(C)C)COP(=O)(O)OC[C@@H](O)COP(=O)(O)OC[C@@H](COC(=O)CCCCCCCCC(C)C)OC(=O)CCCCCCCCCCCCCCC. The molecule has 0 saturated heterocycles. The number of hydrogen-bond acceptors (Lipinski definition) is 15. The second-order valence-electron chi connectivity index (χ2n) is 28.7. The summed E-state index contributed by atoms with van der Waals surface area (Å²) in [5, 5.41) is 10.6. The lowest BCUT2D eigenvalue weighted by molar-refractivity contribution is -0.161. The fourth-order valence-corrected chi connectivity index (χ4v) is 13.4. The standard InChI is InChI=1S/C77H150O17P2/c1-7-9-11-13-15-17-19-21-22-23-24-25-26-27-28-30-32-38-42-50-56-62-76(81)93-72(65-87-74(79)59-53-47-40-36-34-33-35-39-45-51-57-69(3)4)67-91-95(83,84)89-63-71(78)64-90-96(85,86)92-68-73(66-88-75(80)60-54-48-44-43-46-52-58-70(5)6)94-77(82)61-55-49-41-37-31-29-20-18-16-14-12-10-8-2/h69-73,78H,7-68H2,1-6H3,(H,83,84)(H,85,86)/t71-,72-,73-/m1/s1. The van der Waals surface area contributed by atoms with Crippen molar-refractivity contribution in [2.75, 3.05) is 39.6 Å². The van der Waals surface area contributed by atoms with Gasteiger partial charge in [-0.2, -0.15) is 0 Å². The van der Waals surface area contributed by atoms with Crippen LogP contribution in [0.2, 0.25) is 0 Å². The van der Waals surface area contributed by atoms with E-state index in [0.717, 1.165) is 102 Å². The molecule has 570 valence electrons. The van der Waals surface area contributed by atoms with Crippen molar-refractivity contribution in [3.8, 4) is 0 Å². The maximum absolute atomic E-state index is 13.1. The molecule has 0 amide bonds. The molecule has 0 spiro atoms. The summed E-state index contributed by atoms with van der Waals surface area (Å²) in [4.78, 5) is 72.8. The van der Waals surface area contributed by atoms with E-state index in [2.05, 4.69) is 41.5 Å². The molecule has 0 bridgehead atoms. The molecule has 0 aliphatic carbocycles. The lowest BCUT2D eigenvalue weighted by Crippen LogP contribution is -2.30. The molecule has 0 saturated carbocycles. The van der Waals surface area contributed by atoms with E-state index < -0.39 is 97.5 Å². The Morgan fingerprint density at radius 1 is 0.281 bits per heavy atom. The van der Waals surface area contributed by atoms with E-state index in [1.165, 1.54) is 212 Å². The third kappa shape index (κ3) is 70.5. The highest BCUT2D eigenvalue weighted by molar-refractivity contribution is 7.47. The van der Waals surface area contributed by atoms with E-state index in [1.807, 2.05) is 0 Å². The van der Waals surface area contributed by atoms with Gasteiger partial charge in [0.05, 0.1) is 26.4 Å². The molecule has 0 fully saturated rings. The van der Waals surface area contributed by atoms with Crippen molar-refractivity contribution in [2.24, 2.45) is 11.8 Å². The van der Waals surface area contributed by atoms with Crippen LogP contribution in [-0.2, 0) is 65.4 Å². The maximum Gasteiger partial charge on any atom is 0.472 e. The Hall–Kier alpha value is -1.94. The van der Waals surface area contributed by atoms with Crippen molar-refractivity contribution in [3.05, 3.63) is 0 Å². The van der Waals surface area contributed by atoms with Gasteiger partial charge in [0.1, 0.15) is 19.3 Å². The van der Waals surface area contributed by atoms with Crippen molar-refractivity contribution in [3.63, 3.8) is 0 Å². The summed E-state index contributed by atoms with van der Waals surface area (Å²) >= 11 is 0. The molecule has 0 aromatic carbocycles. The Labute approximate surface area is 588 Å². The van der Waals surface area contributed by atoms with E-state index in [4.69, 9.17) is 37.0 Å². The van der Waals surface area contributed by atoms with Gasteiger partial charge < -0.3 is 33.8 Å². The van der Waals surface area contributed by atoms with Gasteiger partial charge in [0.2, 0.25) is 0 Å².